The molecule has 0 saturated heterocycles. The molecule has 0 radical (unpaired) electrons. The normalized spacial score (nSPS) is 25.5. The fraction of sp³-hybridized carbons (Fsp3) is 0.929. The molecule has 1 atom stereocenters. The summed E-state index contributed by atoms with van der Waals surface area (Å²) in [6.07, 6.45) is 3.14. The summed E-state index contributed by atoms with van der Waals surface area (Å²) in [7, 11) is 0. The number of nitrogens with one attached hydrogen (secondary N) is 1. The molecule has 0 amide bonds. The number of ether oxygens (including phenoxy) is 1. The van der Waals surface area contributed by atoms with E-state index in [0.29, 0.717) is 19.1 Å². The average Bonchev–Trinajstić information content (AvgIpc) is 2.37. The highest BCUT2D eigenvalue weighted by atomic mass is 16.5. The van der Waals surface area contributed by atoms with Gasteiger partial charge in [-0.25, -0.2) is 0 Å². The lowest BCUT2D eigenvalue weighted by Crippen LogP contribution is -2.35. The van der Waals surface area contributed by atoms with Gasteiger partial charge in [0.1, 0.15) is 0 Å². The Morgan fingerprint density at radius 1 is 1.32 bits per heavy atom. The first-order valence-corrected chi connectivity index (χ1v) is 7.22. The third-order valence-electron chi connectivity index (χ3n) is 3.63. The zero-order valence-corrected chi connectivity index (χ0v) is 12.0. The molecule has 3 N–H and O–H groups in total. The van der Waals surface area contributed by atoms with E-state index >= 15 is 0 Å². The fourth-order valence-corrected chi connectivity index (χ4v) is 2.43. The molecule has 0 heterocycles. The molecule has 0 spiro atoms. The summed E-state index contributed by atoms with van der Waals surface area (Å²) in [4.78, 5) is 10.8. The van der Waals surface area contributed by atoms with Crippen molar-refractivity contribution in [1.82, 2.24) is 5.32 Å². The second-order valence-corrected chi connectivity index (χ2v) is 5.75. The maximum atomic E-state index is 10.8. The van der Waals surface area contributed by atoms with Crippen molar-refractivity contribution in [3.8, 4) is 0 Å². The van der Waals surface area contributed by atoms with E-state index in [1.54, 1.807) is 0 Å². The lowest BCUT2D eigenvalue weighted by atomic mass is 9.82. The Labute approximate surface area is 115 Å². The van der Waals surface area contributed by atoms with Crippen molar-refractivity contribution < 1.29 is 19.7 Å². The highest BCUT2D eigenvalue weighted by Crippen LogP contribution is 2.28. The summed E-state index contributed by atoms with van der Waals surface area (Å²) >= 11 is 0. The number of carboxylic acid groups (broad SMARTS) is 1. The number of carboxylic acids is 1. The summed E-state index contributed by atoms with van der Waals surface area (Å²) in [6, 6.07) is 0. The molecule has 5 nitrogen and oxygen atoms in total. The van der Waals surface area contributed by atoms with Crippen LogP contribution in [0.4, 0.5) is 0 Å². The minimum Gasteiger partial charge on any atom is -0.481 e. The van der Waals surface area contributed by atoms with Crippen LogP contribution in [0.5, 0.6) is 0 Å². The van der Waals surface area contributed by atoms with E-state index in [1.165, 1.54) is 0 Å². The van der Waals surface area contributed by atoms with Gasteiger partial charge in [-0.1, -0.05) is 0 Å². The highest BCUT2D eigenvalue weighted by molar-refractivity contribution is 5.69. The van der Waals surface area contributed by atoms with Crippen LogP contribution in [0, 0.1) is 11.8 Å². The van der Waals surface area contributed by atoms with Gasteiger partial charge in [0.25, 0.3) is 0 Å². The Bertz CT molecular complexity index is 262. The molecule has 0 aromatic rings. The Balaban J connectivity index is 2.06. The molecule has 1 aliphatic carbocycles. The molecule has 5 heteroatoms. The zero-order chi connectivity index (χ0) is 14.3. The molecule has 0 aromatic heterocycles. The topological polar surface area (TPSA) is 78.8 Å². The molecule has 1 aliphatic rings. The van der Waals surface area contributed by atoms with E-state index in [9.17, 15) is 9.90 Å². The van der Waals surface area contributed by atoms with E-state index in [2.05, 4.69) is 5.32 Å². The van der Waals surface area contributed by atoms with Crippen LogP contribution in [0.15, 0.2) is 0 Å². The molecule has 1 rings (SSSR count). The monoisotopic (exact) mass is 273 g/mol. The largest absolute Gasteiger partial charge is 0.481 e. The Kier molecular flexibility index (Phi) is 7.34. The third kappa shape index (κ3) is 6.89. The van der Waals surface area contributed by atoms with Crippen molar-refractivity contribution in [2.75, 3.05) is 19.7 Å². The molecule has 112 valence electrons. The van der Waals surface area contributed by atoms with Gasteiger partial charge in [-0.3, -0.25) is 4.79 Å². The number of aliphatic hydroxyl groups excluding tert-OH is 1. The van der Waals surface area contributed by atoms with Crippen LogP contribution < -0.4 is 5.32 Å². The number of aliphatic carboxylic acids is 1. The van der Waals surface area contributed by atoms with Gasteiger partial charge in [0.05, 0.1) is 24.7 Å². The van der Waals surface area contributed by atoms with Gasteiger partial charge >= 0.3 is 5.97 Å². The van der Waals surface area contributed by atoms with Gasteiger partial charge in [0.15, 0.2) is 0 Å². The van der Waals surface area contributed by atoms with Crippen molar-refractivity contribution in [1.29, 1.82) is 0 Å². The number of aliphatic hydroxyl groups is 1. The first-order valence-electron chi connectivity index (χ1n) is 7.22. The first kappa shape index (κ1) is 16.4. The Hall–Kier alpha value is -0.650. The van der Waals surface area contributed by atoms with Crippen LogP contribution in [0.3, 0.4) is 0 Å². The SMILES string of the molecule is CC(C)OCC(O)CNCC1CCC(C(=O)O)CC1. The van der Waals surface area contributed by atoms with E-state index in [0.717, 1.165) is 32.2 Å². The molecule has 0 aliphatic heterocycles. The van der Waals surface area contributed by atoms with Crippen LogP contribution >= 0.6 is 0 Å². The summed E-state index contributed by atoms with van der Waals surface area (Å²) in [6.45, 7) is 5.63. The number of hydrogen-bond acceptors (Lipinski definition) is 4. The minimum atomic E-state index is -0.660. The number of carbonyl (C=O) groups is 1. The summed E-state index contributed by atoms with van der Waals surface area (Å²) < 4.78 is 5.33. The molecular weight excluding hydrogens is 246 g/mol. The minimum absolute atomic E-state index is 0.140. The van der Waals surface area contributed by atoms with Crippen LogP contribution in [0.2, 0.25) is 0 Å². The van der Waals surface area contributed by atoms with Crippen molar-refractivity contribution in [3.05, 3.63) is 0 Å². The number of hydrogen-bond donors (Lipinski definition) is 3. The van der Waals surface area contributed by atoms with E-state index in [1.807, 2.05) is 13.8 Å². The number of rotatable bonds is 8. The van der Waals surface area contributed by atoms with E-state index in [4.69, 9.17) is 9.84 Å². The van der Waals surface area contributed by atoms with Crippen LogP contribution in [0.25, 0.3) is 0 Å². The quantitative estimate of drug-likeness (QED) is 0.620. The van der Waals surface area contributed by atoms with Gasteiger partial charge in [0.2, 0.25) is 0 Å². The van der Waals surface area contributed by atoms with Gasteiger partial charge < -0.3 is 20.3 Å². The smallest absolute Gasteiger partial charge is 0.306 e. The van der Waals surface area contributed by atoms with Crippen molar-refractivity contribution in [2.24, 2.45) is 11.8 Å². The first-order chi connectivity index (χ1) is 8.99. The lowest BCUT2D eigenvalue weighted by molar-refractivity contribution is -0.143. The lowest BCUT2D eigenvalue weighted by Gasteiger charge is -2.26. The summed E-state index contributed by atoms with van der Waals surface area (Å²) in [5, 5.41) is 21.8. The van der Waals surface area contributed by atoms with E-state index in [-0.39, 0.29) is 12.0 Å². The summed E-state index contributed by atoms with van der Waals surface area (Å²) in [5.41, 5.74) is 0. The van der Waals surface area contributed by atoms with Gasteiger partial charge in [-0.2, -0.15) is 0 Å². The maximum absolute atomic E-state index is 10.8. The second-order valence-electron chi connectivity index (χ2n) is 5.75. The van der Waals surface area contributed by atoms with Crippen molar-refractivity contribution in [3.63, 3.8) is 0 Å². The maximum Gasteiger partial charge on any atom is 0.306 e. The molecule has 0 bridgehead atoms. The third-order valence-corrected chi connectivity index (χ3v) is 3.63. The molecule has 1 fully saturated rings. The summed E-state index contributed by atoms with van der Waals surface area (Å²) in [5.74, 6) is -0.275. The van der Waals surface area contributed by atoms with E-state index < -0.39 is 12.1 Å². The molecular formula is C14H27NO4. The Morgan fingerprint density at radius 3 is 2.47 bits per heavy atom. The second kappa shape index (κ2) is 8.51. The van der Waals surface area contributed by atoms with Crippen LogP contribution in [-0.4, -0.2) is 48.1 Å². The molecule has 1 saturated carbocycles. The Morgan fingerprint density at radius 2 is 1.95 bits per heavy atom. The predicted octanol–water partition coefficient (Wildman–Crippen LogP) is 1.25. The van der Waals surface area contributed by atoms with Gasteiger partial charge in [0, 0.05) is 6.54 Å². The molecule has 1 unspecified atom stereocenters. The average molecular weight is 273 g/mol. The molecule has 0 aromatic carbocycles. The van der Waals surface area contributed by atoms with Crippen LogP contribution in [-0.2, 0) is 9.53 Å². The van der Waals surface area contributed by atoms with Crippen molar-refractivity contribution in [2.45, 2.75) is 51.7 Å². The fourth-order valence-electron chi connectivity index (χ4n) is 2.43. The van der Waals surface area contributed by atoms with Gasteiger partial charge in [-0.15, -0.1) is 0 Å². The standard InChI is InChI=1S/C14H27NO4/c1-10(2)19-9-13(16)8-15-7-11-3-5-12(6-4-11)14(17)18/h10-13,15-16H,3-9H2,1-2H3,(H,17,18). The van der Waals surface area contributed by atoms with Crippen molar-refractivity contribution >= 4 is 5.97 Å². The highest BCUT2D eigenvalue weighted by Gasteiger charge is 2.25. The molecule has 19 heavy (non-hydrogen) atoms. The van der Waals surface area contributed by atoms with Crippen LogP contribution in [0.1, 0.15) is 39.5 Å². The predicted molar refractivity (Wildman–Crippen MR) is 73.0 cm³/mol. The zero-order valence-electron chi connectivity index (χ0n) is 12.0. The van der Waals surface area contributed by atoms with Gasteiger partial charge in [-0.05, 0) is 52.0 Å².